The normalized spacial score (nSPS) is 23.1. The van der Waals surface area contributed by atoms with E-state index >= 15 is 0 Å². The van der Waals surface area contributed by atoms with E-state index in [1.54, 1.807) is 6.07 Å². The van der Waals surface area contributed by atoms with Gasteiger partial charge in [0.05, 0.1) is 5.56 Å². The van der Waals surface area contributed by atoms with Crippen LogP contribution in [0.3, 0.4) is 0 Å². The molecule has 0 aliphatic heterocycles. The minimum absolute atomic E-state index is 0.107. The fraction of sp³-hybridized carbons (Fsp3) is 0.500. The number of carbonyl (C=O) groups excluding carboxylic acids is 1. The second-order valence-corrected chi connectivity index (χ2v) is 6.03. The Kier molecular flexibility index (Phi) is 4.38. The van der Waals surface area contributed by atoms with Crippen LogP contribution in [0.4, 0.5) is 4.39 Å². The van der Waals surface area contributed by atoms with Crippen LogP contribution in [0.25, 0.3) is 0 Å². The Balaban J connectivity index is 1.93. The minimum Gasteiger partial charge on any atom is -0.352 e. The summed E-state index contributed by atoms with van der Waals surface area (Å²) in [5.74, 6) is 0.484. The van der Waals surface area contributed by atoms with Crippen molar-refractivity contribution >= 4 is 21.8 Å². The average Bonchev–Trinajstić information content (AvgIpc) is 2.75. The first-order valence-corrected chi connectivity index (χ1v) is 7.09. The van der Waals surface area contributed by atoms with Gasteiger partial charge in [-0.25, -0.2) is 4.39 Å². The first kappa shape index (κ1) is 13.5. The Morgan fingerprint density at radius 1 is 1.50 bits per heavy atom. The van der Waals surface area contributed by atoms with E-state index in [1.807, 2.05) is 0 Å². The molecule has 0 spiro atoms. The number of halogens is 2. The third kappa shape index (κ3) is 3.31. The van der Waals surface area contributed by atoms with E-state index in [1.165, 1.54) is 18.6 Å². The summed E-state index contributed by atoms with van der Waals surface area (Å²) in [6, 6.07) is 4.41. The largest absolute Gasteiger partial charge is 0.352 e. The molecule has 1 aliphatic rings. The molecule has 1 fully saturated rings. The van der Waals surface area contributed by atoms with Crippen molar-refractivity contribution in [3.63, 3.8) is 0 Å². The van der Waals surface area contributed by atoms with Crippen LogP contribution in [0, 0.1) is 17.7 Å². The van der Waals surface area contributed by atoms with Crippen LogP contribution in [0.5, 0.6) is 0 Å². The van der Waals surface area contributed by atoms with E-state index in [-0.39, 0.29) is 11.5 Å². The van der Waals surface area contributed by atoms with Crippen LogP contribution in [-0.4, -0.2) is 12.5 Å². The lowest BCUT2D eigenvalue weighted by Crippen LogP contribution is -2.29. The summed E-state index contributed by atoms with van der Waals surface area (Å²) in [4.78, 5) is 11.9. The molecule has 4 heteroatoms. The van der Waals surface area contributed by atoms with E-state index < -0.39 is 5.82 Å². The molecule has 98 valence electrons. The molecule has 18 heavy (non-hydrogen) atoms. The molecular weight excluding hydrogens is 297 g/mol. The predicted molar refractivity (Wildman–Crippen MR) is 72.9 cm³/mol. The number of hydrogen-bond donors (Lipinski definition) is 1. The molecule has 0 heterocycles. The van der Waals surface area contributed by atoms with Gasteiger partial charge < -0.3 is 5.32 Å². The Morgan fingerprint density at radius 3 is 2.94 bits per heavy atom. The van der Waals surface area contributed by atoms with Gasteiger partial charge in [0.1, 0.15) is 5.82 Å². The maximum Gasteiger partial charge on any atom is 0.254 e. The van der Waals surface area contributed by atoms with E-state index in [0.717, 1.165) is 18.8 Å². The molecule has 0 saturated heterocycles. The van der Waals surface area contributed by atoms with Crippen molar-refractivity contribution in [3.8, 4) is 0 Å². The van der Waals surface area contributed by atoms with Gasteiger partial charge >= 0.3 is 0 Å². The van der Waals surface area contributed by atoms with E-state index in [4.69, 9.17) is 0 Å². The molecule has 1 N–H and O–H groups in total. The zero-order chi connectivity index (χ0) is 13.1. The SMILES string of the molecule is CC1CCC(CNC(=O)c2cc(Br)ccc2F)C1. The van der Waals surface area contributed by atoms with Gasteiger partial charge in [0.2, 0.25) is 0 Å². The minimum atomic E-state index is -0.476. The third-order valence-electron chi connectivity index (χ3n) is 3.53. The smallest absolute Gasteiger partial charge is 0.254 e. The van der Waals surface area contributed by atoms with Crippen LogP contribution < -0.4 is 5.32 Å². The molecule has 1 aromatic rings. The van der Waals surface area contributed by atoms with Crippen molar-refractivity contribution < 1.29 is 9.18 Å². The fourth-order valence-electron chi connectivity index (χ4n) is 2.51. The lowest BCUT2D eigenvalue weighted by atomic mass is 10.1. The summed E-state index contributed by atoms with van der Waals surface area (Å²) in [6.07, 6.45) is 3.54. The molecule has 0 radical (unpaired) electrons. The van der Waals surface area contributed by atoms with Crippen LogP contribution in [0.15, 0.2) is 22.7 Å². The van der Waals surface area contributed by atoms with Gasteiger partial charge in [0, 0.05) is 11.0 Å². The highest BCUT2D eigenvalue weighted by atomic mass is 79.9. The third-order valence-corrected chi connectivity index (χ3v) is 4.02. The highest BCUT2D eigenvalue weighted by Crippen LogP contribution is 2.29. The zero-order valence-electron chi connectivity index (χ0n) is 10.4. The van der Waals surface area contributed by atoms with Gasteiger partial charge in [-0.05, 0) is 42.9 Å². The Hall–Kier alpha value is -0.900. The monoisotopic (exact) mass is 313 g/mol. The molecule has 2 rings (SSSR count). The summed E-state index contributed by atoms with van der Waals surface area (Å²) in [7, 11) is 0. The average molecular weight is 314 g/mol. The molecule has 1 saturated carbocycles. The lowest BCUT2D eigenvalue weighted by Gasteiger charge is -2.11. The summed E-state index contributed by atoms with van der Waals surface area (Å²) >= 11 is 3.24. The first-order chi connectivity index (χ1) is 8.56. The van der Waals surface area contributed by atoms with Crippen LogP contribution >= 0.6 is 15.9 Å². The number of amides is 1. The lowest BCUT2D eigenvalue weighted by molar-refractivity contribution is 0.0943. The number of hydrogen-bond acceptors (Lipinski definition) is 1. The standard InChI is InChI=1S/C14H17BrFNO/c1-9-2-3-10(6-9)8-17-14(18)12-7-11(15)4-5-13(12)16/h4-5,7,9-10H,2-3,6,8H2,1H3,(H,17,18). The molecule has 1 aromatic carbocycles. The molecule has 2 unspecified atom stereocenters. The molecule has 1 aliphatic carbocycles. The second-order valence-electron chi connectivity index (χ2n) is 5.12. The van der Waals surface area contributed by atoms with Gasteiger partial charge in [-0.2, -0.15) is 0 Å². The Morgan fingerprint density at radius 2 is 2.28 bits per heavy atom. The van der Waals surface area contributed by atoms with Crippen molar-refractivity contribution in [3.05, 3.63) is 34.1 Å². The van der Waals surface area contributed by atoms with Gasteiger partial charge in [0.15, 0.2) is 0 Å². The van der Waals surface area contributed by atoms with E-state index in [9.17, 15) is 9.18 Å². The summed E-state index contributed by atoms with van der Waals surface area (Å²) in [5.41, 5.74) is 0.107. The fourth-order valence-corrected chi connectivity index (χ4v) is 2.88. The molecule has 2 nitrogen and oxygen atoms in total. The number of benzene rings is 1. The number of carbonyl (C=O) groups is 1. The van der Waals surface area contributed by atoms with Crippen LogP contribution in [-0.2, 0) is 0 Å². The van der Waals surface area contributed by atoms with Gasteiger partial charge in [0.25, 0.3) is 5.91 Å². The van der Waals surface area contributed by atoms with Crippen molar-refractivity contribution in [1.29, 1.82) is 0 Å². The second kappa shape index (κ2) is 5.83. The summed E-state index contributed by atoms with van der Waals surface area (Å²) in [6.45, 7) is 2.88. The van der Waals surface area contributed by atoms with E-state index in [2.05, 4.69) is 28.2 Å². The van der Waals surface area contributed by atoms with Crippen LogP contribution in [0.2, 0.25) is 0 Å². The Labute approximate surface area is 115 Å². The van der Waals surface area contributed by atoms with Crippen molar-refractivity contribution in [2.24, 2.45) is 11.8 Å². The summed E-state index contributed by atoms with van der Waals surface area (Å²) in [5, 5.41) is 2.83. The summed E-state index contributed by atoms with van der Waals surface area (Å²) < 4.78 is 14.2. The molecule has 0 bridgehead atoms. The molecular formula is C14H17BrFNO. The molecule has 0 aromatic heterocycles. The zero-order valence-corrected chi connectivity index (χ0v) is 12.0. The predicted octanol–water partition coefficient (Wildman–Crippen LogP) is 3.75. The van der Waals surface area contributed by atoms with E-state index in [0.29, 0.717) is 16.9 Å². The highest BCUT2D eigenvalue weighted by molar-refractivity contribution is 9.10. The van der Waals surface area contributed by atoms with Gasteiger partial charge in [-0.1, -0.05) is 29.3 Å². The van der Waals surface area contributed by atoms with Gasteiger partial charge in [-0.15, -0.1) is 0 Å². The topological polar surface area (TPSA) is 29.1 Å². The highest BCUT2D eigenvalue weighted by Gasteiger charge is 2.22. The maximum absolute atomic E-state index is 13.5. The van der Waals surface area contributed by atoms with Crippen molar-refractivity contribution in [2.45, 2.75) is 26.2 Å². The van der Waals surface area contributed by atoms with Gasteiger partial charge in [-0.3, -0.25) is 4.79 Å². The molecule has 2 atom stereocenters. The van der Waals surface area contributed by atoms with Crippen molar-refractivity contribution in [2.75, 3.05) is 6.54 Å². The number of rotatable bonds is 3. The number of nitrogens with one attached hydrogen (secondary N) is 1. The first-order valence-electron chi connectivity index (χ1n) is 6.29. The molecule has 1 amide bonds. The van der Waals surface area contributed by atoms with Crippen LogP contribution in [0.1, 0.15) is 36.5 Å². The Bertz CT molecular complexity index is 449. The quantitative estimate of drug-likeness (QED) is 0.904. The van der Waals surface area contributed by atoms with Crippen molar-refractivity contribution in [1.82, 2.24) is 5.32 Å². The maximum atomic E-state index is 13.5.